The largest absolute Gasteiger partial charge is 0.505 e. The number of phenols is 2. The highest BCUT2D eigenvalue weighted by Crippen LogP contribution is 2.60. The lowest BCUT2D eigenvalue weighted by Gasteiger charge is -2.33. The van der Waals surface area contributed by atoms with Crippen LogP contribution in [-0.4, -0.2) is 48.8 Å². The average Bonchev–Trinajstić information content (AvgIpc) is 3.08. The summed E-state index contributed by atoms with van der Waals surface area (Å²) in [4.78, 5) is 12.9. The van der Waals surface area contributed by atoms with Gasteiger partial charge in [0.15, 0.2) is 5.72 Å². The van der Waals surface area contributed by atoms with Gasteiger partial charge in [-0.25, -0.2) is 4.79 Å². The number of methoxy groups -OCH3 is 1. The van der Waals surface area contributed by atoms with Gasteiger partial charge in [-0.05, 0) is 14.0 Å². The van der Waals surface area contributed by atoms with Gasteiger partial charge in [0.1, 0.15) is 17.8 Å². The van der Waals surface area contributed by atoms with Crippen LogP contribution in [0.15, 0.2) is 6.26 Å². The minimum absolute atomic E-state index is 0.0500. The molecule has 2 atom stereocenters. The van der Waals surface area contributed by atoms with Crippen LogP contribution >= 0.6 is 0 Å². The smallest absolute Gasteiger partial charge is 0.409 e. The Morgan fingerprint density at radius 3 is 2.68 bits per heavy atom. The van der Waals surface area contributed by atoms with Gasteiger partial charge < -0.3 is 41.4 Å². The molecule has 0 aliphatic carbocycles. The van der Waals surface area contributed by atoms with Crippen molar-refractivity contribution in [2.24, 2.45) is 5.73 Å². The van der Waals surface area contributed by atoms with Crippen molar-refractivity contribution in [2.75, 3.05) is 31.3 Å². The lowest BCUT2D eigenvalue weighted by molar-refractivity contribution is 0.0508. The summed E-state index contributed by atoms with van der Waals surface area (Å²) in [6.07, 6.45) is 0.655. The van der Waals surface area contributed by atoms with Crippen LogP contribution in [0.5, 0.6) is 11.5 Å². The summed E-state index contributed by atoms with van der Waals surface area (Å²) in [7, 11) is 3.34. The van der Waals surface area contributed by atoms with Crippen LogP contribution in [0, 0.1) is 6.92 Å². The molecule has 0 saturated carbocycles. The van der Waals surface area contributed by atoms with Crippen molar-refractivity contribution >= 4 is 23.0 Å². The standard InChI is InChI=1S/C16H22N4O5/c1-7-11(17)14(22)10-9(6-25-15(18)23)16(24-3)4-8(19-2)5-20(16)12(10)13(7)21/h6,8,19,21-22H,4-5,17H2,1-3H3,(H2,18,23)/t8-,16+/m0/s1. The molecule has 2 aliphatic rings. The molecule has 1 saturated heterocycles. The number of hydrogen-bond acceptors (Lipinski definition) is 8. The first-order valence-electron chi connectivity index (χ1n) is 7.79. The number of carbonyl (C=O) groups is 1. The van der Waals surface area contributed by atoms with E-state index in [2.05, 4.69) is 5.32 Å². The number of rotatable bonds is 3. The van der Waals surface area contributed by atoms with Gasteiger partial charge in [-0.1, -0.05) is 0 Å². The van der Waals surface area contributed by atoms with Crippen molar-refractivity contribution in [1.29, 1.82) is 0 Å². The van der Waals surface area contributed by atoms with Gasteiger partial charge in [0.2, 0.25) is 0 Å². The van der Waals surface area contributed by atoms with E-state index in [9.17, 15) is 15.0 Å². The summed E-state index contributed by atoms with van der Waals surface area (Å²) in [6, 6.07) is 0.0597. The molecule has 1 aromatic carbocycles. The number of amides is 1. The van der Waals surface area contributed by atoms with Crippen LogP contribution in [-0.2, 0) is 9.47 Å². The van der Waals surface area contributed by atoms with E-state index in [1.165, 1.54) is 7.11 Å². The molecule has 9 heteroatoms. The first-order valence-corrected chi connectivity index (χ1v) is 7.79. The lowest BCUT2D eigenvalue weighted by Crippen LogP contribution is -2.42. The van der Waals surface area contributed by atoms with E-state index in [1.807, 2.05) is 11.9 Å². The summed E-state index contributed by atoms with van der Waals surface area (Å²) < 4.78 is 10.7. The van der Waals surface area contributed by atoms with Crippen molar-refractivity contribution in [2.45, 2.75) is 25.1 Å². The predicted octanol–water partition coefficient (Wildman–Crippen LogP) is 0.579. The molecule has 2 heterocycles. The van der Waals surface area contributed by atoms with Gasteiger partial charge in [0, 0.05) is 31.7 Å². The highest BCUT2D eigenvalue weighted by Gasteiger charge is 2.57. The van der Waals surface area contributed by atoms with Crippen molar-refractivity contribution in [1.82, 2.24) is 5.32 Å². The van der Waals surface area contributed by atoms with Gasteiger partial charge >= 0.3 is 6.09 Å². The molecule has 25 heavy (non-hydrogen) atoms. The van der Waals surface area contributed by atoms with E-state index in [0.717, 1.165) is 6.26 Å². The summed E-state index contributed by atoms with van der Waals surface area (Å²) in [5.41, 5.74) is 11.4. The Hall–Kier alpha value is -2.65. The van der Waals surface area contributed by atoms with Gasteiger partial charge in [-0.15, -0.1) is 0 Å². The number of benzene rings is 1. The fraction of sp³-hybridized carbons (Fsp3) is 0.438. The minimum Gasteiger partial charge on any atom is -0.505 e. The fourth-order valence-corrected chi connectivity index (χ4v) is 3.73. The average molecular weight is 350 g/mol. The zero-order valence-corrected chi connectivity index (χ0v) is 14.3. The molecule has 1 amide bonds. The van der Waals surface area contributed by atoms with Crippen LogP contribution in [0.25, 0.3) is 5.57 Å². The number of aromatic hydroxyl groups is 2. The number of carbonyl (C=O) groups excluding carboxylic acids is 1. The molecular weight excluding hydrogens is 328 g/mol. The third-order valence-electron chi connectivity index (χ3n) is 5.07. The molecule has 1 fully saturated rings. The molecule has 3 rings (SSSR count). The molecule has 0 unspecified atom stereocenters. The Balaban J connectivity index is 2.31. The third kappa shape index (κ3) is 2.19. The Bertz CT molecular complexity index is 779. The van der Waals surface area contributed by atoms with Crippen LogP contribution < -0.4 is 21.7 Å². The Kier molecular flexibility index (Phi) is 3.92. The van der Waals surface area contributed by atoms with Gasteiger partial charge in [0.05, 0.1) is 22.5 Å². The number of phenolic OH excluding ortho intramolecular Hbond substituents is 2. The fourth-order valence-electron chi connectivity index (χ4n) is 3.73. The molecule has 0 spiro atoms. The van der Waals surface area contributed by atoms with Gasteiger partial charge in [-0.2, -0.15) is 0 Å². The van der Waals surface area contributed by atoms with E-state index in [-0.39, 0.29) is 28.8 Å². The molecule has 0 bridgehead atoms. The Morgan fingerprint density at radius 1 is 1.44 bits per heavy atom. The third-order valence-corrected chi connectivity index (χ3v) is 5.07. The maximum Gasteiger partial charge on any atom is 0.409 e. The minimum atomic E-state index is -1.03. The number of nitrogens with one attached hydrogen (secondary N) is 1. The zero-order valence-electron chi connectivity index (χ0n) is 14.3. The molecule has 136 valence electrons. The maximum atomic E-state index is 11.1. The number of nitrogens with two attached hydrogens (primary N) is 2. The molecule has 0 radical (unpaired) electrons. The van der Waals surface area contributed by atoms with Gasteiger partial charge in [0.25, 0.3) is 0 Å². The van der Waals surface area contributed by atoms with Crippen LogP contribution in [0.4, 0.5) is 16.2 Å². The van der Waals surface area contributed by atoms with Crippen LogP contribution in [0.3, 0.4) is 0 Å². The summed E-state index contributed by atoms with van der Waals surface area (Å²) in [5.74, 6) is -0.248. The second kappa shape index (κ2) is 5.71. The Labute approximate surface area is 144 Å². The Morgan fingerprint density at radius 2 is 2.12 bits per heavy atom. The van der Waals surface area contributed by atoms with E-state index >= 15 is 0 Å². The predicted molar refractivity (Wildman–Crippen MR) is 92.1 cm³/mol. The topological polar surface area (TPSA) is 143 Å². The molecule has 0 aromatic heterocycles. The molecule has 9 nitrogen and oxygen atoms in total. The van der Waals surface area contributed by atoms with Crippen LogP contribution in [0.1, 0.15) is 17.5 Å². The number of ether oxygens (including phenoxy) is 2. The van der Waals surface area contributed by atoms with E-state index in [4.69, 9.17) is 20.9 Å². The number of hydrogen-bond donors (Lipinski definition) is 5. The van der Waals surface area contributed by atoms with Crippen LogP contribution in [0.2, 0.25) is 0 Å². The maximum absolute atomic E-state index is 11.1. The van der Waals surface area contributed by atoms with Crippen molar-refractivity contribution in [3.63, 3.8) is 0 Å². The number of primary amides is 1. The van der Waals surface area contributed by atoms with Gasteiger partial charge in [-0.3, -0.25) is 0 Å². The normalized spacial score (nSPS) is 26.0. The first kappa shape index (κ1) is 17.2. The second-order valence-corrected chi connectivity index (χ2v) is 6.22. The van der Waals surface area contributed by atoms with E-state index < -0.39 is 11.8 Å². The molecule has 2 aliphatic heterocycles. The molecule has 7 N–H and O–H groups in total. The second-order valence-electron chi connectivity index (χ2n) is 6.22. The number of nitrogens with zero attached hydrogens (tertiary/aromatic N) is 1. The highest BCUT2D eigenvalue weighted by atomic mass is 16.5. The quantitative estimate of drug-likeness (QED) is 0.230. The first-order chi connectivity index (χ1) is 11.8. The summed E-state index contributed by atoms with van der Waals surface area (Å²) in [5, 5.41) is 24.4. The van der Waals surface area contributed by atoms with Crippen molar-refractivity contribution in [3.05, 3.63) is 17.4 Å². The summed E-state index contributed by atoms with van der Waals surface area (Å²) >= 11 is 0. The SMILES string of the molecule is CN[C@@H]1CN2c3c(O)c(C)c(N)c(O)c3C(=COC(N)=O)[C@]2(OC)C1. The number of fused-ring (bicyclic) bond motifs is 3. The molecular formula is C16H22N4O5. The number of likely N-dealkylation sites (N-methyl/N-ethyl adjacent to an activating group) is 1. The van der Waals surface area contributed by atoms with E-state index in [0.29, 0.717) is 29.8 Å². The summed E-state index contributed by atoms with van der Waals surface area (Å²) in [6.45, 7) is 2.13. The lowest BCUT2D eigenvalue weighted by atomic mass is 9.94. The van der Waals surface area contributed by atoms with Crippen molar-refractivity contribution in [3.8, 4) is 11.5 Å². The number of nitrogen functional groups attached to an aromatic ring is 1. The van der Waals surface area contributed by atoms with Crippen molar-refractivity contribution < 1.29 is 24.5 Å². The monoisotopic (exact) mass is 350 g/mol. The molecule has 1 aromatic rings. The highest BCUT2D eigenvalue weighted by molar-refractivity contribution is 5.99. The zero-order chi connectivity index (χ0) is 18.5. The van der Waals surface area contributed by atoms with E-state index in [1.54, 1.807) is 6.92 Å². The number of anilines is 2.